The summed E-state index contributed by atoms with van der Waals surface area (Å²) < 4.78 is 39.3. The average molecular weight is 288 g/mol. The fraction of sp³-hybridized carbons (Fsp3) is 0. The average Bonchev–Trinajstić information content (AvgIpc) is 0.722. The fourth-order valence-corrected chi connectivity index (χ4v) is 0. The summed E-state index contributed by atoms with van der Waals surface area (Å²) in [4.78, 5) is 0. The van der Waals surface area contributed by atoms with Crippen LogP contribution in [0, 0.1) is 0 Å². The van der Waals surface area contributed by atoms with Crippen LogP contribution in [0.3, 0.4) is 0 Å². The van der Waals surface area contributed by atoms with Crippen LogP contribution >= 0.6 is 0 Å². The Morgan fingerprint density at radius 2 is 0.833 bits per heavy atom. The molecule has 0 nitrogen and oxygen atoms in total. The topological polar surface area (TPSA) is 0 Å². The Labute approximate surface area is 47.5 Å². The van der Waals surface area contributed by atoms with Crippen LogP contribution in [0.1, 0.15) is 0 Å². The van der Waals surface area contributed by atoms with Gasteiger partial charge in [-0.15, -0.1) is 0 Å². The van der Waals surface area contributed by atoms with Crippen molar-refractivity contribution in [3.8, 4) is 0 Å². The second kappa shape index (κ2) is 2.74. The third-order valence-electron chi connectivity index (χ3n) is 0. The number of rotatable bonds is 0. The SMILES string of the molecule is F[Si](F)(F)F.[W]. The first-order chi connectivity index (χ1) is 2.00. The van der Waals surface area contributed by atoms with Crippen LogP contribution in [0.25, 0.3) is 0 Å². The molecule has 0 saturated heterocycles. The second-order valence-electron chi connectivity index (χ2n) is 0.429. The zero-order chi connectivity index (χ0) is 4.50. The molecule has 0 aromatic carbocycles. The van der Waals surface area contributed by atoms with Gasteiger partial charge in [0.25, 0.3) is 0 Å². The van der Waals surface area contributed by atoms with Crippen LogP contribution in [0.15, 0.2) is 0 Å². The molecule has 6 heteroatoms. The normalized spacial score (nSPS) is 10.0. The van der Waals surface area contributed by atoms with Gasteiger partial charge in [0, 0.05) is 21.1 Å². The molecule has 0 aromatic heterocycles. The van der Waals surface area contributed by atoms with Crippen molar-refractivity contribution in [3.63, 3.8) is 0 Å². The van der Waals surface area contributed by atoms with Crippen molar-refractivity contribution in [1.29, 1.82) is 0 Å². The van der Waals surface area contributed by atoms with Gasteiger partial charge in [-0.3, -0.25) is 0 Å². The molecule has 0 aliphatic carbocycles. The van der Waals surface area contributed by atoms with Crippen molar-refractivity contribution in [2.75, 3.05) is 0 Å². The Kier molecular flexibility index (Phi) is 4.48. The molecule has 0 unspecified atom stereocenters. The number of hydrogen-bond acceptors (Lipinski definition) is 0. The minimum Gasteiger partial charge on any atom is -0.211 e. The van der Waals surface area contributed by atoms with E-state index < -0.39 is 9.41 Å². The first-order valence-corrected chi connectivity index (χ1v) is 2.27. The molecule has 0 rings (SSSR count). The van der Waals surface area contributed by atoms with Crippen LogP contribution in [0.5, 0.6) is 0 Å². The maximum atomic E-state index is 9.83. The molecule has 0 heterocycles. The molecule has 0 atom stereocenters. The molecular weight excluding hydrogens is 288 g/mol. The summed E-state index contributed by atoms with van der Waals surface area (Å²) >= 11 is 0. The molecule has 0 bridgehead atoms. The quantitative estimate of drug-likeness (QED) is 0.358. The van der Waals surface area contributed by atoms with Crippen LogP contribution in [-0.2, 0) is 21.1 Å². The van der Waals surface area contributed by atoms with E-state index >= 15 is 0 Å². The van der Waals surface area contributed by atoms with Gasteiger partial charge < -0.3 is 0 Å². The molecule has 0 aliphatic rings. The zero-order valence-electron chi connectivity index (χ0n) is 2.42. The molecule has 0 spiro atoms. The van der Waals surface area contributed by atoms with Crippen LogP contribution in [0.4, 0.5) is 16.4 Å². The standard InChI is InChI=1S/F4Si.W/c1-5(2,3)4;. The molecule has 6 heavy (non-hydrogen) atoms. The van der Waals surface area contributed by atoms with Crippen LogP contribution in [0.2, 0.25) is 0 Å². The molecule has 0 radical (unpaired) electrons. The van der Waals surface area contributed by atoms with E-state index in [1.807, 2.05) is 0 Å². The van der Waals surface area contributed by atoms with Crippen molar-refractivity contribution in [2.45, 2.75) is 0 Å². The van der Waals surface area contributed by atoms with Gasteiger partial charge in [-0.2, -0.15) is 0 Å². The van der Waals surface area contributed by atoms with Crippen molar-refractivity contribution in [3.05, 3.63) is 0 Å². The molecule has 0 fully saturated rings. The van der Waals surface area contributed by atoms with Gasteiger partial charge >= 0.3 is 9.41 Å². The second-order valence-corrected chi connectivity index (χ2v) is 1.29. The Morgan fingerprint density at radius 1 is 0.833 bits per heavy atom. The zero-order valence-corrected chi connectivity index (χ0v) is 6.35. The van der Waals surface area contributed by atoms with Gasteiger partial charge in [0.15, 0.2) is 0 Å². The van der Waals surface area contributed by atoms with Gasteiger partial charge in [-0.25, -0.2) is 16.4 Å². The summed E-state index contributed by atoms with van der Waals surface area (Å²) in [7, 11) is -6.61. The van der Waals surface area contributed by atoms with Gasteiger partial charge in [0.2, 0.25) is 0 Å². The summed E-state index contributed by atoms with van der Waals surface area (Å²) in [6, 6.07) is 0. The Balaban J connectivity index is 0. The van der Waals surface area contributed by atoms with Gasteiger partial charge in [-0.1, -0.05) is 0 Å². The van der Waals surface area contributed by atoms with Crippen molar-refractivity contribution < 1.29 is 37.5 Å². The number of halogens is 4. The van der Waals surface area contributed by atoms with Crippen molar-refractivity contribution >= 4 is 9.41 Å². The minimum absolute atomic E-state index is 0. The van der Waals surface area contributed by atoms with Crippen molar-refractivity contribution in [1.82, 2.24) is 0 Å². The van der Waals surface area contributed by atoms with E-state index in [9.17, 15) is 16.4 Å². The third-order valence-corrected chi connectivity index (χ3v) is 0. The van der Waals surface area contributed by atoms with Gasteiger partial charge in [0.1, 0.15) is 0 Å². The smallest absolute Gasteiger partial charge is 0.211 e. The van der Waals surface area contributed by atoms with Crippen LogP contribution < -0.4 is 0 Å². The van der Waals surface area contributed by atoms with E-state index in [0.717, 1.165) is 0 Å². The van der Waals surface area contributed by atoms with Gasteiger partial charge in [0.05, 0.1) is 0 Å². The van der Waals surface area contributed by atoms with Crippen molar-refractivity contribution in [2.24, 2.45) is 0 Å². The van der Waals surface area contributed by atoms with E-state index in [2.05, 4.69) is 0 Å². The Hall–Kier alpha value is 0.625. The Bertz CT molecular complexity index is 23.0. The van der Waals surface area contributed by atoms with E-state index in [1.54, 1.807) is 0 Å². The first kappa shape index (κ1) is 9.80. The summed E-state index contributed by atoms with van der Waals surface area (Å²) in [5, 5.41) is 0. The maximum Gasteiger partial charge on any atom is 0.844 e. The first-order valence-electron chi connectivity index (χ1n) is 0.756. The summed E-state index contributed by atoms with van der Waals surface area (Å²) in [6.07, 6.45) is 0. The predicted molar refractivity (Wildman–Crippen MR) is 10.2 cm³/mol. The third kappa shape index (κ3) is 156. The van der Waals surface area contributed by atoms with Crippen LogP contribution in [-0.4, -0.2) is 9.41 Å². The largest absolute Gasteiger partial charge is 0.844 e. The van der Waals surface area contributed by atoms with E-state index in [1.165, 1.54) is 0 Å². The molecule has 0 amide bonds. The summed E-state index contributed by atoms with van der Waals surface area (Å²) in [5.74, 6) is 0. The Morgan fingerprint density at radius 3 is 0.833 bits per heavy atom. The van der Waals surface area contributed by atoms with E-state index in [4.69, 9.17) is 0 Å². The molecule has 0 saturated carbocycles. The molecule has 0 aromatic rings. The molecular formula is F4SiW. The van der Waals surface area contributed by atoms with E-state index in [-0.39, 0.29) is 21.1 Å². The number of hydrogen-bond donors (Lipinski definition) is 0. The molecule has 0 N–H and O–H groups in total. The summed E-state index contributed by atoms with van der Waals surface area (Å²) in [5.41, 5.74) is 0. The minimum atomic E-state index is -6.61. The predicted octanol–water partition coefficient (Wildman–Crippen LogP) is 1.30. The fourth-order valence-electron chi connectivity index (χ4n) is 0. The van der Waals surface area contributed by atoms with Gasteiger partial charge in [-0.05, 0) is 0 Å². The monoisotopic (exact) mass is 288 g/mol. The maximum absolute atomic E-state index is 9.83. The molecule has 38 valence electrons. The molecule has 0 aliphatic heterocycles. The van der Waals surface area contributed by atoms with E-state index in [0.29, 0.717) is 0 Å². The summed E-state index contributed by atoms with van der Waals surface area (Å²) in [6.45, 7) is 0.